The maximum Gasteiger partial charge on any atom is 0.229 e. The predicted molar refractivity (Wildman–Crippen MR) is 57.6 cm³/mol. The zero-order valence-corrected chi connectivity index (χ0v) is 9.31. The topological polar surface area (TPSA) is 34.1 Å². The quantitative estimate of drug-likeness (QED) is 0.600. The summed E-state index contributed by atoms with van der Waals surface area (Å²) >= 11 is 1.15. The third kappa shape index (κ3) is 5.49. The van der Waals surface area contributed by atoms with Gasteiger partial charge in [-0.2, -0.15) is 0 Å². The van der Waals surface area contributed by atoms with Crippen LogP contribution in [0, 0.1) is 6.92 Å². The van der Waals surface area contributed by atoms with Gasteiger partial charge in [0.1, 0.15) is 12.2 Å². The monoisotopic (exact) mass is 200 g/mol. The van der Waals surface area contributed by atoms with Crippen molar-refractivity contribution in [3.05, 3.63) is 23.9 Å². The third-order valence-corrected chi connectivity index (χ3v) is 1.52. The second kappa shape index (κ2) is 7.89. The molecule has 4 heteroatoms. The van der Waals surface area contributed by atoms with Crippen LogP contribution in [0.4, 0.5) is 0 Å². The van der Waals surface area contributed by atoms with Crippen molar-refractivity contribution in [2.45, 2.75) is 20.8 Å². The summed E-state index contributed by atoms with van der Waals surface area (Å²) in [6.45, 7) is 5.99. The summed E-state index contributed by atoms with van der Waals surface area (Å²) in [4.78, 5) is 4.03. The molecule has 1 rings (SSSR count). The van der Waals surface area contributed by atoms with Crippen LogP contribution in [0.25, 0.3) is 0 Å². The fraction of sp³-hybridized carbons (Fsp3) is 0.444. The van der Waals surface area contributed by atoms with Gasteiger partial charge in [-0.1, -0.05) is 19.9 Å². The lowest BCUT2D eigenvalue weighted by atomic mass is 10.3. The molecule has 0 unspecified atom stereocenters. The molecule has 1 heterocycles. The second-order valence-corrected chi connectivity index (χ2v) is 2.79. The van der Waals surface area contributed by atoms with Crippen LogP contribution in [0.15, 0.2) is 18.3 Å². The molecule has 0 aliphatic rings. The molecule has 0 saturated carbocycles. The Bertz CT molecular complexity index is 213. The Morgan fingerprint density at radius 3 is 2.54 bits per heavy atom. The molecule has 1 aromatic rings. The number of aryl methyl sites for hydroxylation is 1. The molecule has 0 aromatic carbocycles. The molecular formula is C9H16N2OS. The molecule has 0 amide bonds. The normalized spacial score (nSPS) is 8.62. The molecular weight excluding hydrogens is 184 g/mol. The van der Waals surface area contributed by atoms with Gasteiger partial charge in [-0.05, 0) is 19.5 Å². The van der Waals surface area contributed by atoms with Gasteiger partial charge >= 0.3 is 0 Å². The van der Waals surface area contributed by atoms with Gasteiger partial charge in [0.15, 0.2) is 0 Å². The zero-order valence-electron chi connectivity index (χ0n) is 8.50. The Morgan fingerprint density at radius 2 is 2.08 bits per heavy atom. The molecule has 0 aliphatic heterocycles. The molecule has 74 valence electrons. The van der Waals surface area contributed by atoms with Gasteiger partial charge in [0.25, 0.3) is 0 Å². The number of pyridine rings is 1. The molecule has 0 fully saturated rings. The SMILES string of the molecule is CC.CNSOc1ccc(C)cn1. The summed E-state index contributed by atoms with van der Waals surface area (Å²) in [6, 6.07) is 3.79. The van der Waals surface area contributed by atoms with E-state index < -0.39 is 0 Å². The van der Waals surface area contributed by atoms with Crippen molar-refractivity contribution in [2.24, 2.45) is 0 Å². The number of rotatable bonds is 3. The molecule has 0 spiro atoms. The van der Waals surface area contributed by atoms with E-state index in [1.54, 1.807) is 13.2 Å². The number of hydrogen-bond donors (Lipinski definition) is 1. The lowest BCUT2D eigenvalue weighted by Gasteiger charge is -1.99. The van der Waals surface area contributed by atoms with Crippen molar-refractivity contribution in [3.8, 4) is 5.88 Å². The third-order valence-electron chi connectivity index (χ3n) is 1.09. The average Bonchev–Trinajstić information content (AvgIpc) is 2.20. The first-order valence-corrected chi connectivity index (χ1v) is 5.00. The molecule has 0 radical (unpaired) electrons. The van der Waals surface area contributed by atoms with E-state index in [-0.39, 0.29) is 0 Å². The largest absolute Gasteiger partial charge is 0.390 e. The minimum absolute atomic E-state index is 0.620. The molecule has 1 N–H and O–H groups in total. The molecule has 0 bridgehead atoms. The fourth-order valence-electron chi connectivity index (χ4n) is 0.588. The Hall–Kier alpha value is -0.740. The smallest absolute Gasteiger partial charge is 0.229 e. The number of hydrogen-bond acceptors (Lipinski definition) is 4. The Labute approximate surface area is 84.2 Å². The van der Waals surface area contributed by atoms with Crippen LogP contribution < -0.4 is 8.91 Å². The molecule has 0 saturated heterocycles. The van der Waals surface area contributed by atoms with Crippen LogP contribution in [0.2, 0.25) is 0 Å². The predicted octanol–water partition coefficient (Wildman–Crippen LogP) is 2.58. The van der Waals surface area contributed by atoms with Crippen molar-refractivity contribution >= 4 is 12.2 Å². The highest BCUT2D eigenvalue weighted by atomic mass is 32.2. The fourth-order valence-corrected chi connectivity index (χ4v) is 0.855. The van der Waals surface area contributed by atoms with E-state index in [9.17, 15) is 0 Å². The van der Waals surface area contributed by atoms with Gasteiger partial charge in [-0.25, -0.2) is 9.71 Å². The Kier molecular flexibility index (Phi) is 7.44. The summed E-state index contributed by atoms with van der Waals surface area (Å²) in [7, 11) is 1.79. The number of aromatic nitrogens is 1. The molecule has 3 nitrogen and oxygen atoms in total. The summed E-state index contributed by atoms with van der Waals surface area (Å²) < 4.78 is 7.89. The highest BCUT2D eigenvalue weighted by Gasteiger charge is 1.92. The zero-order chi connectivity index (χ0) is 10.1. The van der Waals surface area contributed by atoms with Gasteiger partial charge in [0.2, 0.25) is 5.88 Å². The van der Waals surface area contributed by atoms with Crippen LogP contribution in [-0.2, 0) is 0 Å². The Morgan fingerprint density at radius 1 is 1.38 bits per heavy atom. The van der Waals surface area contributed by atoms with E-state index in [4.69, 9.17) is 4.18 Å². The lowest BCUT2D eigenvalue weighted by molar-refractivity contribution is 0.610. The summed E-state index contributed by atoms with van der Waals surface area (Å²) in [5.41, 5.74) is 1.13. The maximum absolute atomic E-state index is 5.10. The minimum Gasteiger partial charge on any atom is -0.390 e. The van der Waals surface area contributed by atoms with Crippen molar-refractivity contribution in [3.63, 3.8) is 0 Å². The number of nitrogens with one attached hydrogen (secondary N) is 1. The summed E-state index contributed by atoms with van der Waals surface area (Å²) in [5.74, 6) is 0.620. The second-order valence-electron chi connectivity index (χ2n) is 2.04. The van der Waals surface area contributed by atoms with Crippen LogP contribution >= 0.6 is 12.2 Å². The molecule has 0 aliphatic carbocycles. The van der Waals surface area contributed by atoms with E-state index in [2.05, 4.69) is 9.71 Å². The highest BCUT2D eigenvalue weighted by Crippen LogP contribution is 2.10. The van der Waals surface area contributed by atoms with Gasteiger partial charge in [-0.15, -0.1) is 0 Å². The van der Waals surface area contributed by atoms with Crippen molar-refractivity contribution in [2.75, 3.05) is 7.05 Å². The van der Waals surface area contributed by atoms with Crippen LogP contribution in [0.1, 0.15) is 19.4 Å². The van der Waals surface area contributed by atoms with Gasteiger partial charge < -0.3 is 4.18 Å². The lowest BCUT2D eigenvalue weighted by Crippen LogP contribution is -1.96. The van der Waals surface area contributed by atoms with E-state index >= 15 is 0 Å². The highest BCUT2D eigenvalue weighted by molar-refractivity contribution is 7.93. The van der Waals surface area contributed by atoms with Gasteiger partial charge in [0, 0.05) is 12.3 Å². The van der Waals surface area contributed by atoms with E-state index in [1.807, 2.05) is 32.9 Å². The molecule has 0 atom stereocenters. The summed E-state index contributed by atoms with van der Waals surface area (Å²) in [5, 5.41) is 0. The summed E-state index contributed by atoms with van der Waals surface area (Å²) in [6.07, 6.45) is 1.77. The van der Waals surface area contributed by atoms with Crippen LogP contribution in [0.5, 0.6) is 5.88 Å². The maximum atomic E-state index is 5.10. The average molecular weight is 200 g/mol. The van der Waals surface area contributed by atoms with Crippen LogP contribution in [-0.4, -0.2) is 12.0 Å². The van der Waals surface area contributed by atoms with E-state index in [0.717, 1.165) is 17.8 Å². The van der Waals surface area contributed by atoms with Crippen molar-refractivity contribution in [1.29, 1.82) is 0 Å². The molecule has 13 heavy (non-hydrogen) atoms. The van der Waals surface area contributed by atoms with Gasteiger partial charge in [0.05, 0.1) is 0 Å². The van der Waals surface area contributed by atoms with Gasteiger partial charge in [-0.3, -0.25) is 0 Å². The molecule has 1 aromatic heterocycles. The minimum atomic E-state index is 0.620. The first kappa shape index (κ1) is 12.3. The first-order valence-electron chi connectivity index (χ1n) is 4.26. The number of nitrogens with zero attached hydrogens (tertiary/aromatic N) is 1. The van der Waals surface area contributed by atoms with Crippen molar-refractivity contribution < 1.29 is 4.18 Å². The van der Waals surface area contributed by atoms with Crippen molar-refractivity contribution in [1.82, 2.24) is 9.71 Å². The van der Waals surface area contributed by atoms with E-state index in [0.29, 0.717) is 5.88 Å². The standard InChI is InChI=1S/C7H10N2OS.C2H6/c1-6-3-4-7(9-5-6)10-11-8-2;1-2/h3-5,8H,1-2H3;1-2H3. The first-order chi connectivity index (χ1) is 6.33. The van der Waals surface area contributed by atoms with Crippen LogP contribution in [0.3, 0.4) is 0 Å². The Balaban J connectivity index is 0.000000671. The van der Waals surface area contributed by atoms with E-state index in [1.165, 1.54) is 0 Å².